The molecule has 1 saturated heterocycles. The lowest BCUT2D eigenvalue weighted by molar-refractivity contribution is -0.0252. The molecule has 2 heteroatoms. The first-order valence-corrected chi connectivity index (χ1v) is 19.8. The van der Waals surface area contributed by atoms with Crippen LogP contribution in [0.25, 0.3) is 0 Å². The zero-order valence-corrected chi connectivity index (χ0v) is 27.9. The zero-order valence-electron chi connectivity index (χ0n) is 27.9. The van der Waals surface area contributed by atoms with Crippen molar-refractivity contribution in [3.8, 4) is 5.75 Å². The number of hydrogen-bond acceptors (Lipinski definition) is 2. The summed E-state index contributed by atoms with van der Waals surface area (Å²) in [6.07, 6.45) is 27.3. The first kappa shape index (κ1) is 27.0. The minimum absolute atomic E-state index is 0.0574. The summed E-state index contributed by atoms with van der Waals surface area (Å²) < 4.78 is 13.4. The lowest BCUT2D eigenvalue weighted by Gasteiger charge is -2.63. The van der Waals surface area contributed by atoms with Crippen LogP contribution < -0.4 is 4.74 Å². The Morgan fingerprint density at radius 3 is 1.30 bits per heavy atom. The van der Waals surface area contributed by atoms with Crippen LogP contribution in [0.15, 0.2) is 12.1 Å². The van der Waals surface area contributed by atoms with Crippen LogP contribution in [-0.2, 0) is 21.0 Å². The molecule has 1 aromatic rings. The van der Waals surface area contributed by atoms with Gasteiger partial charge in [0.05, 0.1) is 6.61 Å². The monoisotopic (exact) mass is 594 g/mol. The Labute approximate surface area is 267 Å². The maximum Gasteiger partial charge on any atom is 0.128 e. The van der Waals surface area contributed by atoms with Crippen molar-refractivity contribution in [1.29, 1.82) is 0 Å². The van der Waals surface area contributed by atoms with E-state index >= 15 is 0 Å². The van der Waals surface area contributed by atoms with E-state index in [2.05, 4.69) is 26.0 Å². The molecular weight excluding hydrogens is 536 g/mol. The maximum atomic E-state index is 7.27. The van der Waals surface area contributed by atoms with Gasteiger partial charge in [0.2, 0.25) is 0 Å². The summed E-state index contributed by atoms with van der Waals surface area (Å²) in [6.45, 7) is 6.31. The number of benzene rings is 1. The van der Waals surface area contributed by atoms with Crippen LogP contribution in [0.1, 0.15) is 146 Å². The Balaban J connectivity index is 1.14. The van der Waals surface area contributed by atoms with Gasteiger partial charge in [-0.3, -0.25) is 0 Å². The van der Waals surface area contributed by atoms with Crippen molar-refractivity contribution in [3.05, 3.63) is 28.8 Å². The first-order valence-electron chi connectivity index (χ1n) is 19.8. The third-order valence-corrected chi connectivity index (χ3v) is 17.0. The maximum absolute atomic E-state index is 7.27. The van der Waals surface area contributed by atoms with Crippen LogP contribution in [0.3, 0.4) is 0 Å². The lowest BCUT2D eigenvalue weighted by atomic mass is 9.41. The molecule has 0 radical (unpaired) electrons. The molecule has 1 unspecified atom stereocenters. The van der Waals surface area contributed by atoms with E-state index in [4.69, 9.17) is 9.47 Å². The molecule has 1 aliphatic heterocycles. The van der Waals surface area contributed by atoms with Gasteiger partial charge in [0.1, 0.15) is 18.0 Å². The van der Waals surface area contributed by atoms with Gasteiger partial charge in [0.15, 0.2) is 0 Å². The minimum atomic E-state index is -0.0574. The van der Waals surface area contributed by atoms with Crippen molar-refractivity contribution in [2.24, 2.45) is 59.2 Å². The summed E-state index contributed by atoms with van der Waals surface area (Å²) in [6, 6.07) is 5.33. The normalized spacial score (nSPS) is 53.7. The topological polar surface area (TPSA) is 21.8 Å². The summed E-state index contributed by atoms with van der Waals surface area (Å²) in [5.74, 6) is 10.7. The van der Waals surface area contributed by atoms with E-state index < -0.39 is 0 Å². The summed E-state index contributed by atoms with van der Waals surface area (Å²) in [4.78, 5) is 0. The smallest absolute Gasteiger partial charge is 0.128 e. The Bertz CT molecular complexity index is 1260. The summed E-state index contributed by atoms with van der Waals surface area (Å²) in [5.41, 5.74) is 6.94. The van der Waals surface area contributed by atoms with Gasteiger partial charge in [0.25, 0.3) is 0 Å². The van der Waals surface area contributed by atoms with Crippen molar-refractivity contribution < 1.29 is 9.47 Å². The fraction of sp³-hybridized carbons (Fsp3) is 0.857. The van der Waals surface area contributed by atoms with Crippen LogP contribution >= 0.6 is 0 Å². The van der Waals surface area contributed by atoms with Gasteiger partial charge >= 0.3 is 0 Å². The molecular formula is C42H58O2. The van der Waals surface area contributed by atoms with Gasteiger partial charge in [-0.05, 0) is 203 Å². The Hall–Kier alpha value is -1.02. The Morgan fingerprint density at radius 1 is 0.568 bits per heavy atom. The van der Waals surface area contributed by atoms with Gasteiger partial charge in [0, 0.05) is 11.0 Å². The fourth-order valence-corrected chi connectivity index (χ4v) is 16.4. The number of hydrogen-bond donors (Lipinski definition) is 0. The van der Waals surface area contributed by atoms with Crippen molar-refractivity contribution in [2.45, 2.75) is 151 Å². The molecule has 12 bridgehead atoms. The molecule has 0 N–H and O–H groups in total. The molecule has 14 rings (SSSR count). The zero-order chi connectivity index (χ0) is 29.1. The predicted octanol–water partition coefficient (Wildman–Crippen LogP) is 9.89. The third kappa shape index (κ3) is 3.76. The highest BCUT2D eigenvalue weighted by molar-refractivity contribution is 5.58. The molecule has 238 valence electrons. The number of epoxide rings is 1. The molecule has 1 aromatic carbocycles. The van der Waals surface area contributed by atoms with Crippen LogP contribution in [0.4, 0.5) is 0 Å². The molecule has 1 atom stereocenters. The molecule has 44 heavy (non-hydrogen) atoms. The van der Waals surface area contributed by atoms with E-state index in [0.29, 0.717) is 22.2 Å². The van der Waals surface area contributed by atoms with E-state index in [1.54, 1.807) is 38.5 Å². The highest BCUT2D eigenvalue weighted by Crippen LogP contribution is 2.70. The standard InChI is InChI=1S/C42H58O2/c1-25(2)42(24-44-42)23-43-36-4-3-35(39-14-26-5-27(15-39)7-28(6-26)16-39)37(40-17-29-8-30(18-40)10-31(9-29)19-40)38(36)41-20-32-11-33(21-41)13-34(12-32)22-41/h3-4,25-34H,5-24H2,1-2H3. The second kappa shape index (κ2) is 8.90. The van der Waals surface area contributed by atoms with Gasteiger partial charge in [-0.25, -0.2) is 0 Å². The average molecular weight is 595 g/mol. The second-order valence-corrected chi connectivity index (χ2v) is 20.3. The largest absolute Gasteiger partial charge is 0.490 e. The molecule has 1 heterocycles. The molecule has 2 nitrogen and oxygen atoms in total. The van der Waals surface area contributed by atoms with Gasteiger partial charge in [-0.1, -0.05) is 19.9 Å². The number of rotatable bonds is 7. The third-order valence-electron chi connectivity index (χ3n) is 17.0. The predicted molar refractivity (Wildman–Crippen MR) is 175 cm³/mol. The highest BCUT2D eigenvalue weighted by Gasteiger charge is 2.61. The minimum Gasteiger partial charge on any atom is -0.490 e. The summed E-state index contributed by atoms with van der Waals surface area (Å²) >= 11 is 0. The second-order valence-electron chi connectivity index (χ2n) is 20.3. The quantitative estimate of drug-likeness (QED) is 0.293. The molecule has 0 spiro atoms. The van der Waals surface area contributed by atoms with Gasteiger partial charge in [-0.15, -0.1) is 0 Å². The summed E-state index contributed by atoms with van der Waals surface area (Å²) in [5, 5.41) is 0. The van der Waals surface area contributed by atoms with E-state index in [9.17, 15) is 0 Å². The summed E-state index contributed by atoms with van der Waals surface area (Å²) in [7, 11) is 0. The molecule has 12 saturated carbocycles. The SMILES string of the molecule is CC(C)C1(COc2ccc(C34CC5CC(CC(C5)C3)C4)c(C34CC5CC(CC(C5)C3)C4)c2C23CC4CC(CC(C4)C2)C3)CO1. The fourth-order valence-electron chi connectivity index (χ4n) is 16.4. The highest BCUT2D eigenvalue weighted by atomic mass is 16.6. The lowest BCUT2D eigenvalue weighted by Crippen LogP contribution is -2.55. The van der Waals surface area contributed by atoms with E-state index in [0.717, 1.165) is 66.5 Å². The van der Waals surface area contributed by atoms with Gasteiger partial charge < -0.3 is 9.47 Å². The number of ether oxygens (including phenoxy) is 2. The Kier molecular flexibility index (Phi) is 5.46. The van der Waals surface area contributed by atoms with Crippen molar-refractivity contribution >= 4 is 0 Å². The van der Waals surface area contributed by atoms with E-state index in [-0.39, 0.29) is 5.60 Å². The van der Waals surface area contributed by atoms with Crippen molar-refractivity contribution in [2.75, 3.05) is 13.2 Å². The van der Waals surface area contributed by atoms with Crippen molar-refractivity contribution in [1.82, 2.24) is 0 Å². The van der Waals surface area contributed by atoms with E-state index in [1.165, 1.54) is 82.8 Å². The van der Waals surface area contributed by atoms with Crippen LogP contribution in [0, 0.1) is 59.2 Å². The molecule has 12 aliphatic carbocycles. The van der Waals surface area contributed by atoms with Crippen LogP contribution in [0.5, 0.6) is 5.75 Å². The average Bonchev–Trinajstić information content (AvgIpc) is 3.75. The molecule has 0 aromatic heterocycles. The first-order chi connectivity index (χ1) is 21.3. The van der Waals surface area contributed by atoms with Crippen molar-refractivity contribution in [3.63, 3.8) is 0 Å². The van der Waals surface area contributed by atoms with Gasteiger partial charge in [-0.2, -0.15) is 0 Å². The van der Waals surface area contributed by atoms with E-state index in [1.807, 2.05) is 16.7 Å². The molecule has 13 fully saturated rings. The Morgan fingerprint density at radius 2 is 0.932 bits per heavy atom. The molecule has 0 amide bonds. The molecule has 13 aliphatic rings. The van der Waals surface area contributed by atoms with Crippen LogP contribution in [-0.4, -0.2) is 18.8 Å². The van der Waals surface area contributed by atoms with Crippen LogP contribution in [0.2, 0.25) is 0 Å².